The fourth-order valence-electron chi connectivity index (χ4n) is 4.03. The Bertz CT molecular complexity index is 960. The Labute approximate surface area is 172 Å². The largest absolute Gasteiger partial charge is 0.453 e. The predicted molar refractivity (Wildman–Crippen MR) is 114 cm³/mol. The van der Waals surface area contributed by atoms with E-state index in [0.717, 1.165) is 29.4 Å². The van der Waals surface area contributed by atoms with Gasteiger partial charge in [0, 0.05) is 12.6 Å². The summed E-state index contributed by atoms with van der Waals surface area (Å²) in [4.78, 5) is 14.0. The number of carbonyl (C=O) groups is 1. The van der Waals surface area contributed by atoms with E-state index < -0.39 is 16.1 Å². The van der Waals surface area contributed by atoms with Crippen molar-refractivity contribution in [3.63, 3.8) is 0 Å². The van der Waals surface area contributed by atoms with Crippen LogP contribution in [0.1, 0.15) is 24.0 Å². The van der Waals surface area contributed by atoms with Crippen LogP contribution in [-0.2, 0) is 21.2 Å². The lowest BCUT2D eigenvalue weighted by Crippen LogP contribution is -2.57. The molecule has 2 aromatic carbocycles. The first-order chi connectivity index (χ1) is 13.8. The second-order valence-corrected chi connectivity index (χ2v) is 9.37. The summed E-state index contributed by atoms with van der Waals surface area (Å²) in [6.45, 7) is 2.62. The number of carbonyl (C=O) groups excluding carboxylic acids is 1. The lowest BCUT2D eigenvalue weighted by atomic mass is 9.89. The summed E-state index contributed by atoms with van der Waals surface area (Å²) in [5.74, 6) is 0. The molecule has 0 bridgehead atoms. The molecule has 1 aliphatic rings. The van der Waals surface area contributed by atoms with Gasteiger partial charge in [-0.2, -0.15) is 0 Å². The molecule has 2 atom stereocenters. The lowest BCUT2D eigenvalue weighted by Gasteiger charge is -2.40. The van der Waals surface area contributed by atoms with Crippen LogP contribution in [0.4, 0.5) is 4.79 Å². The third kappa shape index (κ3) is 5.36. The zero-order chi connectivity index (χ0) is 21.0. The molecule has 156 valence electrons. The summed E-state index contributed by atoms with van der Waals surface area (Å²) in [5.41, 5.74) is 4.48. The second kappa shape index (κ2) is 8.97. The predicted octanol–water partition coefficient (Wildman–Crippen LogP) is 3.35. The number of amides is 1. The Morgan fingerprint density at radius 3 is 2.59 bits per heavy atom. The van der Waals surface area contributed by atoms with E-state index in [1.165, 1.54) is 12.7 Å². The Morgan fingerprint density at radius 2 is 1.93 bits per heavy atom. The van der Waals surface area contributed by atoms with Gasteiger partial charge in [0.25, 0.3) is 0 Å². The van der Waals surface area contributed by atoms with Gasteiger partial charge in [-0.1, -0.05) is 48.5 Å². The zero-order valence-electron chi connectivity index (χ0n) is 17.1. The van der Waals surface area contributed by atoms with Crippen molar-refractivity contribution in [2.75, 3.05) is 19.9 Å². The number of ether oxygens (including phenoxy) is 1. The van der Waals surface area contributed by atoms with Crippen LogP contribution in [0.3, 0.4) is 0 Å². The summed E-state index contributed by atoms with van der Waals surface area (Å²) in [6.07, 6.45) is 2.68. The van der Waals surface area contributed by atoms with Crippen molar-refractivity contribution < 1.29 is 17.9 Å². The number of likely N-dealkylation sites (tertiary alicyclic amines) is 1. The van der Waals surface area contributed by atoms with Gasteiger partial charge >= 0.3 is 6.09 Å². The molecule has 29 heavy (non-hydrogen) atoms. The summed E-state index contributed by atoms with van der Waals surface area (Å²) in [5, 5.41) is 0. The molecule has 0 aromatic heterocycles. The first-order valence-electron chi connectivity index (χ1n) is 9.75. The second-order valence-electron chi connectivity index (χ2n) is 7.59. The lowest BCUT2D eigenvalue weighted by molar-refractivity contribution is 0.0792. The minimum absolute atomic E-state index is 0.308. The molecule has 1 N–H and O–H groups in total. The van der Waals surface area contributed by atoms with E-state index in [1.54, 1.807) is 4.90 Å². The SMILES string of the molecule is COC(=O)N1CCC[C@@H](NS(C)(=O)=O)[C@H]1Cc1ccc(C)c(-c2ccccc2)c1. The first-order valence-corrected chi connectivity index (χ1v) is 11.6. The molecule has 2 aromatic rings. The molecule has 1 aliphatic heterocycles. The number of methoxy groups -OCH3 is 1. The van der Waals surface area contributed by atoms with Crippen LogP contribution in [0.25, 0.3) is 11.1 Å². The highest BCUT2D eigenvalue weighted by Gasteiger charge is 2.36. The highest BCUT2D eigenvalue weighted by Crippen LogP contribution is 2.28. The fourth-order valence-corrected chi connectivity index (χ4v) is 4.86. The Morgan fingerprint density at radius 1 is 1.21 bits per heavy atom. The van der Waals surface area contributed by atoms with Gasteiger partial charge in [0.05, 0.1) is 19.4 Å². The summed E-state index contributed by atoms with van der Waals surface area (Å²) in [6, 6.07) is 15.7. The van der Waals surface area contributed by atoms with Gasteiger partial charge in [0.2, 0.25) is 10.0 Å². The van der Waals surface area contributed by atoms with Crippen molar-refractivity contribution >= 4 is 16.1 Å². The maximum Gasteiger partial charge on any atom is 0.409 e. The topological polar surface area (TPSA) is 75.7 Å². The standard InChI is InChI=1S/C22H28N2O4S/c1-16-11-12-17(14-19(16)18-8-5-4-6-9-18)15-21-20(23-29(3,26)27)10-7-13-24(21)22(25)28-2/h4-6,8-9,11-12,14,20-21,23H,7,10,13,15H2,1-3H3/t20-,21-/m1/s1. The molecular weight excluding hydrogens is 388 g/mol. The molecule has 0 saturated carbocycles. The van der Waals surface area contributed by atoms with E-state index in [0.29, 0.717) is 19.4 Å². The molecule has 1 saturated heterocycles. The highest BCUT2D eigenvalue weighted by atomic mass is 32.2. The molecule has 0 spiro atoms. The van der Waals surface area contributed by atoms with Gasteiger partial charge < -0.3 is 9.64 Å². The van der Waals surface area contributed by atoms with E-state index in [-0.39, 0.29) is 12.1 Å². The Hall–Kier alpha value is -2.38. The number of nitrogens with zero attached hydrogens (tertiary/aromatic N) is 1. The molecule has 0 aliphatic carbocycles. The number of nitrogens with one attached hydrogen (secondary N) is 1. The van der Waals surface area contributed by atoms with Crippen molar-refractivity contribution in [3.8, 4) is 11.1 Å². The van der Waals surface area contributed by atoms with E-state index >= 15 is 0 Å². The number of benzene rings is 2. The summed E-state index contributed by atoms with van der Waals surface area (Å²) < 4.78 is 31.4. The van der Waals surface area contributed by atoms with Crippen LogP contribution in [-0.4, -0.2) is 51.4 Å². The molecule has 1 heterocycles. The maximum absolute atomic E-state index is 12.3. The number of aryl methyl sites for hydroxylation is 1. The first kappa shape index (κ1) is 21.3. The van der Waals surface area contributed by atoms with Crippen LogP contribution < -0.4 is 4.72 Å². The van der Waals surface area contributed by atoms with Crippen LogP contribution in [0, 0.1) is 6.92 Å². The van der Waals surface area contributed by atoms with E-state index in [4.69, 9.17) is 4.74 Å². The molecule has 1 fully saturated rings. The molecule has 0 radical (unpaired) electrons. The third-order valence-corrected chi connectivity index (χ3v) is 6.12. The van der Waals surface area contributed by atoms with Crippen LogP contribution >= 0.6 is 0 Å². The fraction of sp³-hybridized carbons (Fsp3) is 0.409. The van der Waals surface area contributed by atoms with Crippen molar-refractivity contribution in [1.29, 1.82) is 0 Å². The van der Waals surface area contributed by atoms with Crippen LogP contribution in [0.5, 0.6) is 0 Å². The number of hydrogen-bond donors (Lipinski definition) is 1. The number of sulfonamides is 1. The van der Waals surface area contributed by atoms with E-state index in [1.807, 2.05) is 24.3 Å². The van der Waals surface area contributed by atoms with Crippen molar-refractivity contribution in [2.24, 2.45) is 0 Å². The van der Waals surface area contributed by atoms with E-state index in [2.05, 4.69) is 35.9 Å². The third-order valence-electron chi connectivity index (χ3n) is 5.39. The van der Waals surface area contributed by atoms with Crippen molar-refractivity contribution in [1.82, 2.24) is 9.62 Å². The number of piperidine rings is 1. The molecular formula is C22H28N2O4S. The maximum atomic E-state index is 12.3. The zero-order valence-corrected chi connectivity index (χ0v) is 17.9. The van der Waals surface area contributed by atoms with Crippen LogP contribution in [0.15, 0.2) is 48.5 Å². The average molecular weight is 417 g/mol. The van der Waals surface area contributed by atoms with Crippen molar-refractivity contribution in [3.05, 3.63) is 59.7 Å². The Kier molecular flexibility index (Phi) is 6.59. The van der Waals surface area contributed by atoms with E-state index in [9.17, 15) is 13.2 Å². The summed E-state index contributed by atoms with van der Waals surface area (Å²) >= 11 is 0. The minimum atomic E-state index is -3.39. The van der Waals surface area contributed by atoms with Gasteiger partial charge in [-0.05, 0) is 48.4 Å². The molecule has 7 heteroatoms. The smallest absolute Gasteiger partial charge is 0.409 e. The van der Waals surface area contributed by atoms with Gasteiger partial charge in [-0.3, -0.25) is 0 Å². The quantitative estimate of drug-likeness (QED) is 0.811. The number of hydrogen-bond acceptors (Lipinski definition) is 4. The summed E-state index contributed by atoms with van der Waals surface area (Å²) in [7, 11) is -2.04. The normalized spacial score (nSPS) is 19.8. The molecule has 6 nitrogen and oxygen atoms in total. The van der Waals surface area contributed by atoms with Crippen molar-refractivity contribution in [2.45, 2.75) is 38.3 Å². The average Bonchev–Trinajstić information content (AvgIpc) is 2.69. The number of rotatable bonds is 5. The van der Waals surface area contributed by atoms with Crippen LogP contribution in [0.2, 0.25) is 0 Å². The van der Waals surface area contributed by atoms with Gasteiger partial charge in [0.15, 0.2) is 0 Å². The minimum Gasteiger partial charge on any atom is -0.453 e. The molecule has 1 amide bonds. The molecule has 3 rings (SSSR count). The van der Waals surface area contributed by atoms with Gasteiger partial charge in [-0.25, -0.2) is 17.9 Å². The highest BCUT2D eigenvalue weighted by molar-refractivity contribution is 7.88. The molecule has 0 unspecified atom stereocenters. The Balaban J connectivity index is 1.93. The van der Waals surface area contributed by atoms with Gasteiger partial charge in [0.1, 0.15) is 0 Å². The van der Waals surface area contributed by atoms with Gasteiger partial charge in [-0.15, -0.1) is 0 Å². The monoisotopic (exact) mass is 416 g/mol.